The lowest BCUT2D eigenvalue weighted by atomic mass is 10.1. The molecule has 1 aliphatic rings. The maximum atomic E-state index is 5.84. The van der Waals surface area contributed by atoms with Crippen molar-refractivity contribution in [3.05, 3.63) is 48.5 Å². The third-order valence-corrected chi connectivity index (χ3v) is 3.95. The molecule has 0 N–H and O–H groups in total. The van der Waals surface area contributed by atoms with Gasteiger partial charge in [0, 0.05) is 0 Å². The molecule has 2 aromatic rings. The van der Waals surface area contributed by atoms with Crippen molar-refractivity contribution in [1.29, 1.82) is 0 Å². The van der Waals surface area contributed by atoms with E-state index < -0.39 is 0 Å². The Morgan fingerprint density at radius 1 is 0.917 bits per heavy atom. The van der Waals surface area contributed by atoms with Crippen LogP contribution in [0.5, 0.6) is 23.0 Å². The molecule has 0 radical (unpaired) electrons. The molecule has 2 atom stereocenters. The lowest BCUT2D eigenvalue weighted by molar-refractivity contribution is 0.256. The SMILES string of the molecule is CCC(C)COc1ccc(Oc2ccc(OCC3CO3)cc2)cc1. The highest BCUT2D eigenvalue weighted by Crippen LogP contribution is 2.26. The van der Waals surface area contributed by atoms with Crippen molar-refractivity contribution >= 4 is 0 Å². The van der Waals surface area contributed by atoms with Gasteiger partial charge in [0.1, 0.15) is 35.7 Å². The van der Waals surface area contributed by atoms with Crippen molar-refractivity contribution < 1.29 is 18.9 Å². The van der Waals surface area contributed by atoms with Crippen molar-refractivity contribution in [3.63, 3.8) is 0 Å². The Morgan fingerprint density at radius 2 is 1.42 bits per heavy atom. The van der Waals surface area contributed by atoms with E-state index in [0.717, 1.165) is 42.6 Å². The molecule has 0 spiro atoms. The van der Waals surface area contributed by atoms with Gasteiger partial charge < -0.3 is 18.9 Å². The van der Waals surface area contributed by atoms with Crippen molar-refractivity contribution in [2.75, 3.05) is 19.8 Å². The minimum Gasteiger partial charge on any atom is -0.493 e. The molecule has 1 aliphatic heterocycles. The van der Waals surface area contributed by atoms with Gasteiger partial charge in [-0.15, -0.1) is 0 Å². The van der Waals surface area contributed by atoms with Gasteiger partial charge in [-0.25, -0.2) is 0 Å². The van der Waals surface area contributed by atoms with Crippen LogP contribution < -0.4 is 14.2 Å². The van der Waals surface area contributed by atoms with E-state index in [0.29, 0.717) is 12.5 Å². The average Bonchev–Trinajstić information content (AvgIpc) is 3.45. The van der Waals surface area contributed by atoms with E-state index in [1.807, 2.05) is 48.5 Å². The van der Waals surface area contributed by atoms with Crippen LogP contribution in [0.3, 0.4) is 0 Å². The van der Waals surface area contributed by atoms with Crippen molar-refractivity contribution in [2.45, 2.75) is 26.4 Å². The summed E-state index contributed by atoms with van der Waals surface area (Å²) in [4.78, 5) is 0. The van der Waals surface area contributed by atoms with Crippen LogP contribution in [-0.4, -0.2) is 25.9 Å². The van der Waals surface area contributed by atoms with Crippen LogP contribution in [-0.2, 0) is 4.74 Å². The van der Waals surface area contributed by atoms with Gasteiger partial charge >= 0.3 is 0 Å². The van der Waals surface area contributed by atoms with Crippen molar-refractivity contribution in [2.24, 2.45) is 5.92 Å². The van der Waals surface area contributed by atoms with Gasteiger partial charge in [-0.05, 0) is 54.4 Å². The van der Waals surface area contributed by atoms with Gasteiger partial charge in [-0.1, -0.05) is 20.3 Å². The number of hydrogen-bond acceptors (Lipinski definition) is 4. The van der Waals surface area contributed by atoms with Gasteiger partial charge in [0.15, 0.2) is 0 Å². The highest BCUT2D eigenvalue weighted by molar-refractivity contribution is 5.37. The zero-order valence-corrected chi connectivity index (χ0v) is 14.2. The van der Waals surface area contributed by atoms with Gasteiger partial charge in [-0.3, -0.25) is 0 Å². The highest BCUT2D eigenvalue weighted by atomic mass is 16.6. The molecule has 0 aromatic heterocycles. The normalized spacial score (nSPS) is 17.2. The molecule has 0 saturated carbocycles. The van der Waals surface area contributed by atoms with Gasteiger partial charge in [0.2, 0.25) is 0 Å². The summed E-state index contributed by atoms with van der Waals surface area (Å²) in [7, 11) is 0. The Kier molecular flexibility index (Phi) is 5.59. The second-order valence-corrected chi connectivity index (χ2v) is 6.14. The van der Waals surface area contributed by atoms with Crippen LogP contribution >= 0.6 is 0 Å². The summed E-state index contributed by atoms with van der Waals surface area (Å²) in [5.41, 5.74) is 0. The summed E-state index contributed by atoms with van der Waals surface area (Å²) in [5, 5.41) is 0. The Hall–Kier alpha value is -2.20. The fraction of sp³-hybridized carbons (Fsp3) is 0.400. The van der Waals surface area contributed by atoms with Crippen LogP contribution in [0.25, 0.3) is 0 Å². The predicted molar refractivity (Wildman–Crippen MR) is 93.1 cm³/mol. The van der Waals surface area contributed by atoms with Crippen molar-refractivity contribution in [1.82, 2.24) is 0 Å². The second-order valence-electron chi connectivity index (χ2n) is 6.14. The van der Waals surface area contributed by atoms with Crippen LogP contribution in [0, 0.1) is 5.92 Å². The van der Waals surface area contributed by atoms with E-state index in [1.54, 1.807) is 0 Å². The fourth-order valence-corrected chi connectivity index (χ4v) is 2.05. The van der Waals surface area contributed by atoms with E-state index in [-0.39, 0.29) is 6.10 Å². The van der Waals surface area contributed by atoms with E-state index in [4.69, 9.17) is 18.9 Å². The number of benzene rings is 2. The standard InChI is InChI=1S/C20H24O4/c1-3-15(2)12-21-16-4-8-18(9-5-16)24-19-10-6-17(7-11-19)22-13-20-14-23-20/h4-11,15,20H,3,12-14H2,1-2H3. The molecule has 3 rings (SSSR count). The van der Waals surface area contributed by atoms with E-state index in [1.165, 1.54) is 0 Å². The second kappa shape index (κ2) is 8.06. The average molecular weight is 328 g/mol. The monoisotopic (exact) mass is 328 g/mol. The maximum absolute atomic E-state index is 5.84. The van der Waals surface area contributed by atoms with Crippen LogP contribution in [0.2, 0.25) is 0 Å². The predicted octanol–water partition coefficient (Wildman–Crippen LogP) is 4.68. The van der Waals surface area contributed by atoms with Gasteiger partial charge in [-0.2, -0.15) is 0 Å². The van der Waals surface area contributed by atoms with Gasteiger partial charge in [0.05, 0.1) is 13.2 Å². The van der Waals surface area contributed by atoms with Crippen LogP contribution in [0.4, 0.5) is 0 Å². The smallest absolute Gasteiger partial charge is 0.127 e. The molecule has 2 unspecified atom stereocenters. The first-order valence-electron chi connectivity index (χ1n) is 8.48. The van der Waals surface area contributed by atoms with E-state index in [9.17, 15) is 0 Å². The summed E-state index contributed by atoms with van der Waals surface area (Å²) in [6, 6.07) is 15.3. The number of rotatable bonds is 9. The molecular weight excluding hydrogens is 304 g/mol. The third kappa shape index (κ3) is 5.17. The van der Waals surface area contributed by atoms with Crippen LogP contribution in [0.15, 0.2) is 48.5 Å². The topological polar surface area (TPSA) is 40.2 Å². The Bertz CT molecular complexity index is 617. The lowest BCUT2D eigenvalue weighted by Gasteiger charge is -2.12. The lowest BCUT2D eigenvalue weighted by Crippen LogP contribution is -2.06. The molecule has 2 aromatic carbocycles. The zero-order chi connectivity index (χ0) is 16.8. The molecule has 128 valence electrons. The first kappa shape index (κ1) is 16.7. The number of ether oxygens (including phenoxy) is 4. The maximum Gasteiger partial charge on any atom is 0.127 e. The molecule has 4 nitrogen and oxygen atoms in total. The molecular formula is C20H24O4. The van der Waals surface area contributed by atoms with E-state index >= 15 is 0 Å². The zero-order valence-electron chi connectivity index (χ0n) is 14.2. The quantitative estimate of drug-likeness (QED) is 0.627. The molecule has 1 saturated heterocycles. The number of epoxide rings is 1. The van der Waals surface area contributed by atoms with Crippen LogP contribution in [0.1, 0.15) is 20.3 Å². The molecule has 0 bridgehead atoms. The molecule has 4 heteroatoms. The summed E-state index contributed by atoms with van der Waals surface area (Å²) in [6.45, 7) is 6.50. The molecule has 1 heterocycles. The number of hydrogen-bond donors (Lipinski definition) is 0. The molecule has 24 heavy (non-hydrogen) atoms. The minimum atomic E-state index is 0.266. The summed E-state index contributed by atoms with van der Waals surface area (Å²) >= 11 is 0. The van der Waals surface area contributed by atoms with Crippen molar-refractivity contribution in [3.8, 4) is 23.0 Å². The Labute approximate surface area is 143 Å². The summed E-state index contributed by atoms with van der Waals surface area (Å²) in [6.07, 6.45) is 1.39. The third-order valence-electron chi connectivity index (χ3n) is 3.95. The highest BCUT2D eigenvalue weighted by Gasteiger charge is 2.22. The van der Waals surface area contributed by atoms with Gasteiger partial charge in [0.25, 0.3) is 0 Å². The molecule has 0 aliphatic carbocycles. The summed E-state index contributed by atoms with van der Waals surface area (Å²) in [5.74, 6) is 3.82. The molecule has 1 fully saturated rings. The fourth-order valence-electron chi connectivity index (χ4n) is 2.05. The molecule has 0 amide bonds. The first-order chi connectivity index (χ1) is 11.7. The Morgan fingerprint density at radius 3 is 1.92 bits per heavy atom. The Balaban J connectivity index is 1.49. The summed E-state index contributed by atoms with van der Waals surface area (Å²) < 4.78 is 22.3. The first-order valence-corrected chi connectivity index (χ1v) is 8.48. The largest absolute Gasteiger partial charge is 0.493 e. The minimum absolute atomic E-state index is 0.266. The van der Waals surface area contributed by atoms with E-state index in [2.05, 4.69) is 13.8 Å².